The number of hydrogen-bond acceptors (Lipinski definition) is 3. The van der Waals surface area contributed by atoms with Gasteiger partial charge in [0.15, 0.2) is 0 Å². The topological polar surface area (TPSA) is 46.5 Å². The molecule has 0 aliphatic heterocycles. The fourth-order valence-electron chi connectivity index (χ4n) is 11.6. The zero-order chi connectivity index (χ0) is 30.3. The first kappa shape index (κ1) is 30.0. The van der Waals surface area contributed by atoms with Gasteiger partial charge in [-0.1, -0.05) is 79.2 Å². The summed E-state index contributed by atoms with van der Waals surface area (Å²) in [6, 6.07) is 6.89. The van der Waals surface area contributed by atoms with Gasteiger partial charge in [0.25, 0.3) is 0 Å². The number of aromatic hydroxyl groups is 1. The maximum atomic E-state index is 13.0. The van der Waals surface area contributed by atoms with E-state index in [1.165, 1.54) is 51.4 Å². The molecule has 3 heteroatoms. The predicted molar refractivity (Wildman–Crippen MR) is 172 cm³/mol. The molecule has 0 radical (unpaired) electrons. The quantitative estimate of drug-likeness (QED) is 0.223. The Labute approximate surface area is 255 Å². The summed E-state index contributed by atoms with van der Waals surface area (Å²) < 4.78 is 6.22. The van der Waals surface area contributed by atoms with Gasteiger partial charge in [-0.3, -0.25) is 0 Å². The molecule has 4 fully saturated rings. The number of hydrogen-bond donors (Lipinski definition) is 1. The fourth-order valence-corrected chi connectivity index (χ4v) is 11.6. The van der Waals surface area contributed by atoms with Crippen molar-refractivity contribution in [2.45, 2.75) is 126 Å². The molecule has 1 N–H and O–H groups in total. The molecule has 3 nitrogen and oxygen atoms in total. The molecular weight excluding hydrogens is 516 g/mol. The van der Waals surface area contributed by atoms with Crippen LogP contribution in [0.5, 0.6) is 5.75 Å². The van der Waals surface area contributed by atoms with Crippen LogP contribution in [0.2, 0.25) is 0 Å². The third-order valence-electron chi connectivity index (χ3n) is 14.6. The van der Waals surface area contributed by atoms with Crippen LogP contribution >= 0.6 is 0 Å². The Morgan fingerprint density at radius 2 is 1.55 bits per heavy atom. The van der Waals surface area contributed by atoms with Crippen molar-refractivity contribution in [3.05, 3.63) is 47.6 Å². The number of rotatable bonds is 3. The summed E-state index contributed by atoms with van der Waals surface area (Å²) in [5, 5.41) is 9.54. The molecule has 8 atom stereocenters. The minimum Gasteiger partial charge on any atom is -0.508 e. The molecule has 6 rings (SSSR count). The van der Waals surface area contributed by atoms with Crippen LogP contribution < -0.4 is 0 Å². The van der Waals surface area contributed by atoms with Crippen molar-refractivity contribution in [3.63, 3.8) is 0 Å². The summed E-state index contributed by atoms with van der Waals surface area (Å²) in [6.45, 7) is 20.4. The average Bonchev–Trinajstić information content (AvgIpc) is 2.91. The van der Waals surface area contributed by atoms with Crippen LogP contribution in [0, 0.1) is 50.2 Å². The van der Waals surface area contributed by atoms with Gasteiger partial charge in [0, 0.05) is 11.5 Å². The highest BCUT2D eigenvalue weighted by atomic mass is 16.5. The second-order valence-electron chi connectivity index (χ2n) is 17.6. The van der Waals surface area contributed by atoms with Gasteiger partial charge in [0.1, 0.15) is 11.9 Å². The highest BCUT2D eigenvalue weighted by Gasteiger charge is 2.68. The summed E-state index contributed by atoms with van der Waals surface area (Å²) in [4.78, 5) is 13.0. The number of phenols is 1. The SMILES string of the molecule is CC1(C)CC[C@]2(C)CC[C@]3(C)C(=CC[C@@H]4[C@@]5(C)CC[C@H](OC(=O)/C=C\c6ccc(O)cc6)C(C)(C)[C@@H]5CC[C@]43C)[C@@H]2C1. The molecule has 42 heavy (non-hydrogen) atoms. The van der Waals surface area contributed by atoms with E-state index in [9.17, 15) is 9.90 Å². The van der Waals surface area contributed by atoms with Crippen LogP contribution in [0.1, 0.15) is 125 Å². The molecule has 0 spiro atoms. The van der Waals surface area contributed by atoms with Gasteiger partial charge in [-0.05, 0) is 133 Å². The Hall–Kier alpha value is -2.03. The molecule has 1 aromatic carbocycles. The normalized spacial score (nSPS) is 43.8. The van der Waals surface area contributed by atoms with Crippen LogP contribution in [0.15, 0.2) is 42.0 Å². The summed E-state index contributed by atoms with van der Waals surface area (Å²) in [7, 11) is 0. The molecule has 0 amide bonds. The van der Waals surface area contributed by atoms with E-state index in [1.54, 1.807) is 36.4 Å². The minimum atomic E-state index is -0.260. The van der Waals surface area contributed by atoms with Gasteiger partial charge in [-0.25, -0.2) is 4.79 Å². The molecule has 1 aromatic rings. The summed E-state index contributed by atoms with van der Waals surface area (Å²) in [6.07, 6.45) is 18.7. The van der Waals surface area contributed by atoms with Crippen molar-refractivity contribution in [3.8, 4) is 5.75 Å². The lowest BCUT2D eigenvalue weighted by Crippen LogP contribution is -2.64. The van der Waals surface area contributed by atoms with Crippen LogP contribution in [-0.2, 0) is 9.53 Å². The maximum absolute atomic E-state index is 13.0. The Morgan fingerprint density at radius 1 is 0.857 bits per heavy atom. The van der Waals surface area contributed by atoms with Gasteiger partial charge in [-0.15, -0.1) is 0 Å². The summed E-state index contributed by atoms with van der Waals surface area (Å²) in [5.74, 6) is 1.91. The van der Waals surface area contributed by atoms with E-state index in [4.69, 9.17) is 4.74 Å². The zero-order valence-electron chi connectivity index (χ0n) is 27.7. The molecule has 0 bridgehead atoms. The molecular formula is C39H56O3. The molecule has 0 saturated heterocycles. The monoisotopic (exact) mass is 572 g/mol. The van der Waals surface area contributed by atoms with Gasteiger partial charge in [0.05, 0.1) is 0 Å². The fraction of sp³-hybridized carbons (Fsp3) is 0.718. The molecule has 0 heterocycles. The second kappa shape index (κ2) is 9.73. The molecule has 5 aliphatic carbocycles. The predicted octanol–water partition coefficient (Wildman–Crippen LogP) is 10.1. The third kappa shape index (κ3) is 4.45. The standard InChI is InChI=1S/C39H56O3/c1-34(2)21-22-36(5)23-24-38(7)28(29(36)25-34)14-15-31-37(6)19-18-32(35(3,4)30(37)17-20-39(31,38)8)42-33(41)16-11-26-9-12-27(40)13-10-26/h9-14,16,29-32,40H,15,17-25H2,1-8H3/b16-11-/t29-,30-,31+,32-,36+,37-,38+,39+/m0/s1. The first-order chi connectivity index (χ1) is 19.5. The van der Waals surface area contributed by atoms with E-state index in [2.05, 4.69) is 61.5 Å². The van der Waals surface area contributed by atoms with Crippen LogP contribution in [0.25, 0.3) is 6.08 Å². The zero-order valence-corrected chi connectivity index (χ0v) is 27.7. The van der Waals surface area contributed by atoms with Crippen LogP contribution in [-0.4, -0.2) is 17.2 Å². The lowest BCUT2D eigenvalue weighted by Gasteiger charge is -2.71. The Morgan fingerprint density at radius 3 is 2.26 bits per heavy atom. The molecule has 0 aromatic heterocycles. The number of allylic oxidation sites excluding steroid dienone is 2. The number of fused-ring (bicyclic) bond motifs is 7. The van der Waals surface area contributed by atoms with Crippen molar-refractivity contribution in [2.24, 2.45) is 50.2 Å². The number of ether oxygens (including phenoxy) is 1. The molecule has 0 unspecified atom stereocenters. The van der Waals surface area contributed by atoms with Crippen molar-refractivity contribution in [1.29, 1.82) is 0 Å². The second-order valence-corrected chi connectivity index (χ2v) is 17.6. The van der Waals surface area contributed by atoms with E-state index < -0.39 is 0 Å². The van der Waals surface area contributed by atoms with Crippen LogP contribution in [0.4, 0.5) is 0 Å². The third-order valence-corrected chi connectivity index (χ3v) is 14.6. The van der Waals surface area contributed by atoms with Gasteiger partial charge >= 0.3 is 5.97 Å². The molecule has 5 aliphatic rings. The number of carbonyl (C=O) groups excluding carboxylic acids is 1. The molecule has 230 valence electrons. The highest BCUT2D eigenvalue weighted by molar-refractivity contribution is 5.87. The summed E-state index contributed by atoms with van der Waals surface area (Å²) >= 11 is 0. The minimum absolute atomic E-state index is 0.0676. The van der Waals surface area contributed by atoms with Gasteiger partial charge < -0.3 is 9.84 Å². The Balaban J connectivity index is 1.24. The lowest BCUT2D eigenvalue weighted by atomic mass is 9.33. The van der Waals surface area contributed by atoms with E-state index in [1.807, 2.05) is 5.57 Å². The van der Waals surface area contributed by atoms with Gasteiger partial charge in [-0.2, -0.15) is 0 Å². The van der Waals surface area contributed by atoms with Crippen molar-refractivity contribution in [1.82, 2.24) is 0 Å². The Kier molecular flexibility index (Phi) is 6.96. The smallest absolute Gasteiger partial charge is 0.331 e. The van der Waals surface area contributed by atoms with Crippen molar-refractivity contribution >= 4 is 12.0 Å². The lowest BCUT2D eigenvalue weighted by molar-refractivity contribution is -0.210. The first-order valence-electron chi connectivity index (χ1n) is 16.9. The van der Waals surface area contributed by atoms with E-state index in [0.717, 1.165) is 24.3 Å². The van der Waals surface area contributed by atoms with E-state index in [0.29, 0.717) is 28.1 Å². The van der Waals surface area contributed by atoms with E-state index >= 15 is 0 Å². The van der Waals surface area contributed by atoms with Crippen LogP contribution in [0.3, 0.4) is 0 Å². The maximum Gasteiger partial charge on any atom is 0.331 e. The van der Waals surface area contributed by atoms with Crippen molar-refractivity contribution < 1.29 is 14.6 Å². The summed E-state index contributed by atoms with van der Waals surface area (Å²) in [5.41, 5.74) is 4.43. The number of phenolic OH excluding ortho intramolecular Hbond substituents is 1. The van der Waals surface area contributed by atoms with Gasteiger partial charge in [0.2, 0.25) is 0 Å². The van der Waals surface area contributed by atoms with E-state index in [-0.39, 0.29) is 34.1 Å². The number of esters is 1. The number of carbonyl (C=O) groups is 1. The average molecular weight is 573 g/mol. The van der Waals surface area contributed by atoms with Crippen molar-refractivity contribution in [2.75, 3.05) is 0 Å². The molecule has 4 saturated carbocycles. The largest absolute Gasteiger partial charge is 0.508 e. The Bertz CT molecular complexity index is 1280. The first-order valence-corrected chi connectivity index (χ1v) is 16.9. The number of benzene rings is 1. The highest BCUT2D eigenvalue weighted by Crippen LogP contribution is 2.75.